The first-order valence-electron chi connectivity index (χ1n) is 9.57. The van der Waals surface area contributed by atoms with Gasteiger partial charge in [-0.15, -0.1) is 0 Å². The standard InChI is InChI=1S/C20H26N2O6S/c1-11(2)19-18(13(4)21-28-19)20(24)27-9-17(23)16-8-12(3)22(14(16)5)15-6-7-29(25,26)10-15/h8,11,15H,6-7,9-10H2,1-5H3/t15-/m0/s1. The molecule has 0 radical (unpaired) electrons. The maximum atomic E-state index is 12.7. The molecule has 158 valence electrons. The number of ketones is 1. The summed E-state index contributed by atoms with van der Waals surface area (Å²) in [7, 11) is -3.04. The molecule has 0 N–H and O–H groups in total. The minimum atomic E-state index is -3.04. The summed E-state index contributed by atoms with van der Waals surface area (Å²) in [6.45, 7) is 8.62. The summed E-state index contributed by atoms with van der Waals surface area (Å²) in [5, 5.41) is 3.82. The average Bonchev–Trinajstić information content (AvgIpc) is 3.27. The van der Waals surface area contributed by atoms with Gasteiger partial charge in [0.15, 0.2) is 22.2 Å². The van der Waals surface area contributed by atoms with Crippen molar-refractivity contribution < 1.29 is 27.3 Å². The number of aromatic nitrogens is 2. The summed E-state index contributed by atoms with van der Waals surface area (Å²) in [6, 6.07) is 1.55. The Balaban J connectivity index is 1.75. The molecule has 0 aromatic carbocycles. The molecule has 0 unspecified atom stereocenters. The maximum Gasteiger partial charge on any atom is 0.344 e. The average molecular weight is 423 g/mol. The number of rotatable bonds is 6. The van der Waals surface area contributed by atoms with E-state index < -0.39 is 22.4 Å². The monoisotopic (exact) mass is 422 g/mol. The van der Waals surface area contributed by atoms with Crippen molar-refractivity contribution in [2.45, 2.75) is 53.0 Å². The predicted molar refractivity (Wildman–Crippen MR) is 106 cm³/mol. The molecule has 0 aliphatic carbocycles. The van der Waals surface area contributed by atoms with Crippen LogP contribution in [-0.2, 0) is 14.6 Å². The van der Waals surface area contributed by atoms with Crippen LogP contribution in [0.4, 0.5) is 0 Å². The Bertz CT molecular complexity index is 1060. The molecule has 3 rings (SSSR count). The van der Waals surface area contributed by atoms with Crippen LogP contribution in [0.25, 0.3) is 0 Å². The molecular weight excluding hydrogens is 396 g/mol. The van der Waals surface area contributed by atoms with Gasteiger partial charge in [-0.3, -0.25) is 4.79 Å². The van der Waals surface area contributed by atoms with Gasteiger partial charge in [0.1, 0.15) is 5.56 Å². The lowest BCUT2D eigenvalue weighted by atomic mass is 10.1. The van der Waals surface area contributed by atoms with Gasteiger partial charge in [0.25, 0.3) is 0 Å². The molecule has 1 fully saturated rings. The SMILES string of the molecule is Cc1noc(C(C)C)c1C(=O)OCC(=O)c1cc(C)n([C@H]2CCS(=O)(=O)C2)c1C. The summed E-state index contributed by atoms with van der Waals surface area (Å²) in [5.41, 5.74) is 2.62. The molecule has 29 heavy (non-hydrogen) atoms. The Morgan fingerprint density at radius 3 is 2.59 bits per heavy atom. The quantitative estimate of drug-likeness (QED) is 0.520. The highest BCUT2D eigenvalue weighted by Gasteiger charge is 2.32. The van der Waals surface area contributed by atoms with Gasteiger partial charge in [-0.1, -0.05) is 19.0 Å². The second-order valence-electron chi connectivity index (χ2n) is 7.87. The van der Waals surface area contributed by atoms with Crippen LogP contribution < -0.4 is 0 Å². The minimum Gasteiger partial charge on any atom is -0.454 e. The topological polar surface area (TPSA) is 108 Å². The lowest BCUT2D eigenvalue weighted by molar-refractivity contribution is 0.0471. The van der Waals surface area contributed by atoms with Crippen molar-refractivity contribution in [3.05, 3.63) is 40.0 Å². The number of sulfone groups is 1. The number of Topliss-reactive ketones (excluding diaryl/α,β-unsaturated/α-hetero) is 1. The Morgan fingerprint density at radius 2 is 2.00 bits per heavy atom. The van der Waals surface area contributed by atoms with E-state index in [1.165, 1.54) is 0 Å². The van der Waals surface area contributed by atoms with Crippen LogP contribution in [0.3, 0.4) is 0 Å². The zero-order chi connectivity index (χ0) is 21.5. The van der Waals surface area contributed by atoms with Crippen LogP contribution >= 0.6 is 0 Å². The van der Waals surface area contributed by atoms with E-state index in [0.29, 0.717) is 29.1 Å². The van der Waals surface area contributed by atoms with Crippen molar-refractivity contribution in [1.29, 1.82) is 0 Å². The van der Waals surface area contributed by atoms with Gasteiger partial charge in [0, 0.05) is 28.9 Å². The smallest absolute Gasteiger partial charge is 0.344 e. The maximum absolute atomic E-state index is 12.7. The van der Waals surface area contributed by atoms with E-state index >= 15 is 0 Å². The van der Waals surface area contributed by atoms with Crippen LogP contribution in [-0.4, -0.2) is 48.0 Å². The highest BCUT2D eigenvalue weighted by Crippen LogP contribution is 2.29. The van der Waals surface area contributed by atoms with Gasteiger partial charge in [0.2, 0.25) is 5.78 Å². The van der Waals surface area contributed by atoms with E-state index in [2.05, 4.69) is 5.16 Å². The largest absolute Gasteiger partial charge is 0.454 e. The third-order valence-corrected chi connectivity index (χ3v) is 7.06. The molecule has 0 amide bonds. The van der Waals surface area contributed by atoms with Gasteiger partial charge in [0.05, 0.1) is 17.2 Å². The molecule has 0 spiro atoms. The van der Waals surface area contributed by atoms with Crippen LogP contribution in [0.1, 0.15) is 75.8 Å². The number of hydrogen-bond donors (Lipinski definition) is 0. The zero-order valence-corrected chi connectivity index (χ0v) is 18.1. The lowest BCUT2D eigenvalue weighted by Crippen LogP contribution is -2.17. The molecule has 8 nitrogen and oxygen atoms in total. The van der Waals surface area contributed by atoms with E-state index in [1.54, 1.807) is 19.9 Å². The molecule has 1 aliphatic heterocycles. The number of ether oxygens (including phenoxy) is 1. The molecule has 0 bridgehead atoms. The second-order valence-corrected chi connectivity index (χ2v) is 10.1. The molecule has 0 saturated carbocycles. The first-order chi connectivity index (χ1) is 13.5. The third kappa shape index (κ3) is 4.14. The van der Waals surface area contributed by atoms with Crippen molar-refractivity contribution in [1.82, 2.24) is 9.72 Å². The Hall–Kier alpha value is -2.42. The van der Waals surface area contributed by atoms with E-state index in [4.69, 9.17) is 9.26 Å². The Kier molecular flexibility index (Phi) is 5.71. The van der Waals surface area contributed by atoms with Gasteiger partial charge in [-0.2, -0.15) is 0 Å². The summed E-state index contributed by atoms with van der Waals surface area (Å²) in [4.78, 5) is 25.2. The third-order valence-electron chi connectivity index (χ3n) is 5.31. The molecule has 1 saturated heterocycles. The summed E-state index contributed by atoms with van der Waals surface area (Å²) < 4.78 is 36.0. The zero-order valence-electron chi connectivity index (χ0n) is 17.3. The van der Waals surface area contributed by atoms with E-state index in [-0.39, 0.29) is 34.8 Å². The fraction of sp³-hybridized carbons (Fsp3) is 0.550. The van der Waals surface area contributed by atoms with E-state index in [1.807, 2.05) is 25.3 Å². The number of carbonyl (C=O) groups excluding carboxylic acids is 2. The number of nitrogens with zero attached hydrogens (tertiary/aromatic N) is 2. The lowest BCUT2D eigenvalue weighted by Gasteiger charge is -2.16. The molecule has 9 heteroatoms. The highest BCUT2D eigenvalue weighted by atomic mass is 32.2. The summed E-state index contributed by atoms with van der Waals surface area (Å²) in [5.74, 6) is -0.352. The van der Waals surface area contributed by atoms with Gasteiger partial charge in [-0.25, -0.2) is 13.2 Å². The molecule has 3 heterocycles. The van der Waals surface area contributed by atoms with Crippen molar-refractivity contribution in [2.75, 3.05) is 18.1 Å². The Morgan fingerprint density at radius 1 is 1.31 bits per heavy atom. The fourth-order valence-corrected chi connectivity index (χ4v) is 5.61. The number of esters is 1. The Labute approximate surface area is 170 Å². The molecule has 1 atom stereocenters. The van der Waals surface area contributed by atoms with Crippen LogP contribution in [0.15, 0.2) is 10.6 Å². The van der Waals surface area contributed by atoms with Crippen molar-refractivity contribution >= 4 is 21.6 Å². The fourth-order valence-electron chi connectivity index (χ4n) is 3.91. The van der Waals surface area contributed by atoms with Crippen molar-refractivity contribution in [3.63, 3.8) is 0 Å². The number of carbonyl (C=O) groups is 2. The van der Waals surface area contributed by atoms with Gasteiger partial charge in [-0.05, 0) is 33.3 Å². The second kappa shape index (κ2) is 7.78. The minimum absolute atomic E-state index is 0.0453. The summed E-state index contributed by atoms with van der Waals surface area (Å²) >= 11 is 0. The van der Waals surface area contributed by atoms with Crippen molar-refractivity contribution in [3.8, 4) is 0 Å². The predicted octanol–water partition coefficient (Wildman–Crippen LogP) is 2.92. The molecular formula is C20H26N2O6S. The first kappa shape index (κ1) is 21.3. The molecule has 1 aliphatic rings. The van der Waals surface area contributed by atoms with E-state index in [0.717, 1.165) is 5.69 Å². The number of hydrogen-bond acceptors (Lipinski definition) is 7. The normalized spacial score (nSPS) is 18.3. The van der Waals surface area contributed by atoms with Crippen molar-refractivity contribution in [2.24, 2.45) is 0 Å². The highest BCUT2D eigenvalue weighted by molar-refractivity contribution is 7.91. The van der Waals surface area contributed by atoms with E-state index in [9.17, 15) is 18.0 Å². The molecule has 2 aromatic heterocycles. The molecule has 2 aromatic rings. The van der Waals surface area contributed by atoms with Crippen LogP contribution in [0.5, 0.6) is 0 Å². The van der Waals surface area contributed by atoms with Gasteiger partial charge < -0.3 is 13.8 Å². The number of aryl methyl sites for hydroxylation is 2. The van der Waals surface area contributed by atoms with Crippen LogP contribution in [0.2, 0.25) is 0 Å². The van der Waals surface area contributed by atoms with Gasteiger partial charge >= 0.3 is 5.97 Å². The van der Waals surface area contributed by atoms with Crippen LogP contribution in [0, 0.1) is 20.8 Å². The summed E-state index contributed by atoms with van der Waals surface area (Å²) in [6.07, 6.45) is 0.534. The first-order valence-corrected chi connectivity index (χ1v) is 11.4.